The molecule has 2 aliphatic rings. The molecule has 6 aromatic rings. The van der Waals surface area contributed by atoms with Gasteiger partial charge in [-0.05, 0) is 35.4 Å². The minimum absolute atomic E-state index is 0.498. The Kier molecular flexibility index (Phi) is 7.95. The molecule has 2 heterocycles. The molecule has 0 amide bonds. The van der Waals surface area contributed by atoms with Gasteiger partial charge < -0.3 is 9.80 Å². The topological polar surface area (TPSA) is 55.9 Å². The van der Waals surface area contributed by atoms with Crippen molar-refractivity contribution in [3.05, 3.63) is 192 Å². The standard InChI is InChI=1S/C42H32N6/c1-5-13-35(14-6-1)41-45-39(43-29-47(41)37-17-9-3-10-18-37)33-25-21-31(22-26-33)32-23-27-34(28-24-32)40-44-30-48(38-19-11-4-12-20-38)42(46-40)36-15-7-2-8-16-36/h1-28H,29-30H2. The summed E-state index contributed by atoms with van der Waals surface area (Å²) in [6.45, 7) is 0.996. The van der Waals surface area contributed by atoms with Crippen molar-refractivity contribution in [3.63, 3.8) is 0 Å². The Morgan fingerprint density at radius 3 is 0.979 bits per heavy atom. The fraction of sp³-hybridized carbons (Fsp3) is 0.0476. The summed E-state index contributed by atoms with van der Waals surface area (Å²) in [5.41, 5.74) is 8.45. The lowest BCUT2D eigenvalue weighted by Gasteiger charge is -2.28. The van der Waals surface area contributed by atoms with Crippen LogP contribution in [0.1, 0.15) is 22.3 Å². The first kappa shape index (κ1) is 29.0. The van der Waals surface area contributed by atoms with Crippen LogP contribution < -0.4 is 9.80 Å². The van der Waals surface area contributed by atoms with E-state index in [4.69, 9.17) is 20.0 Å². The quantitative estimate of drug-likeness (QED) is 0.179. The van der Waals surface area contributed by atoms with Crippen LogP contribution in [0.5, 0.6) is 0 Å². The second-order valence-corrected chi connectivity index (χ2v) is 11.5. The predicted molar refractivity (Wildman–Crippen MR) is 198 cm³/mol. The van der Waals surface area contributed by atoms with E-state index in [1.165, 1.54) is 0 Å². The molecule has 0 fully saturated rings. The maximum Gasteiger partial charge on any atom is 0.158 e. The molecule has 0 radical (unpaired) electrons. The molecule has 0 spiro atoms. The number of hydrogen-bond donors (Lipinski definition) is 0. The van der Waals surface area contributed by atoms with Crippen molar-refractivity contribution in [2.75, 3.05) is 23.1 Å². The monoisotopic (exact) mass is 620 g/mol. The summed E-state index contributed by atoms with van der Waals surface area (Å²) in [6.07, 6.45) is 0. The van der Waals surface area contributed by atoms with E-state index in [0.717, 1.165) is 68.1 Å². The Morgan fingerprint density at radius 1 is 0.312 bits per heavy atom. The number of anilines is 2. The van der Waals surface area contributed by atoms with Crippen molar-refractivity contribution in [2.45, 2.75) is 0 Å². The molecular weight excluding hydrogens is 589 g/mol. The van der Waals surface area contributed by atoms with E-state index in [0.29, 0.717) is 13.3 Å². The molecule has 0 bridgehead atoms. The van der Waals surface area contributed by atoms with E-state index in [-0.39, 0.29) is 0 Å². The molecule has 0 unspecified atom stereocenters. The van der Waals surface area contributed by atoms with Crippen molar-refractivity contribution in [2.24, 2.45) is 20.0 Å². The molecule has 0 saturated carbocycles. The van der Waals surface area contributed by atoms with Crippen molar-refractivity contribution in [1.82, 2.24) is 0 Å². The van der Waals surface area contributed by atoms with E-state index in [9.17, 15) is 0 Å². The summed E-state index contributed by atoms with van der Waals surface area (Å²) in [5.74, 6) is 3.24. The highest BCUT2D eigenvalue weighted by atomic mass is 15.3. The molecule has 230 valence electrons. The van der Waals surface area contributed by atoms with Gasteiger partial charge in [0.2, 0.25) is 0 Å². The average Bonchev–Trinajstić information content (AvgIpc) is 3.19. The second-order valence-electron chi connectivity index (χ2n) is 11.5. The Bertz CT molecular complexity index is 1980. The molecule has 8 rings (SSSR count). The Labute approximate surface area is 280 Å². The minimum Gasteiger partial charge on any atom is -0.306 e. The molecule has 6 nitrogen and oxygen atoms in total. The van der Waals surface area contributed by atoms with Gasteiger partial charge in [0.25, 0.3) is 0 Å². The summed E-state index contributed by atoms with van der Waals surface area (Å²) in [5, 5.41) is 0. The lowest BCUT2D eigenvalue weighted by atomic mass is 10.0. The summed E-state index contributed by atoms with van der Waals surface area (Å²) in [4.78, 5) is 24.2. The van der Waals surface area contributed by atoms with Gasteiger partial charge in [-0.1, -0.05) is 146 Å². The zero-order valence-corrected chi connectivity index (χ0v) is 26.3. The van der Waals surface area contributed by atoms with Gasteiger partial charge in [-0.3, -0.25) is 0 Å². The molecule has 0 saturated heterocycles. The first-order valence-corrected chi connectivity index (χ1v) is 16.0. The third-order valence-corrected chi connectivity index (χ3v) is 8.48. The van der Waals surface area contributed by atoms with Crippen LogP contribution in [0, 0.1) is 0 Å². The van der Waals surface area contributed by atoms with Crippen LogP contribution in [-0.4, -0.2) is 36.7 Å². The second kappa shape index (κ2) is 13.1. The number of para-hydroxylation sites is 2. The van der Waals surface area contributed by atoms with E-state index < -0.39 is 0 Å². The molecule has 6 aromatic carbocycles. The average molecular weight is 621 g/mol. The van der Waals surface area contributed by atoms with Gasteiger partial charge in [-0.25, -0.2) is 20.0 Å². The maximum atomic E-state index is 5.06. The fourth-order valence-electron chi connectivity index (χ4n) is 5.98. The number of amidine groups is 4. The molecule has 0 aliphatic carbocycles. The summed E-state index contributed by atoms with van der Waals surface area (Å²) in [7, 11) is 0. The number of aliphatic imine (C=N–C) groups is 4. The molecule has 48 heavy (non-hydrogen) atoms. The lowest BCUT2D eigenvalue weighted by Crippen LogP contribution is -2.36. The van der Waals surface area contributed by atoms with Crippen LogP contribution in [0.15, 0.2) is 190 Å². The molecule has 0 atom stereocenters. The predicted octanol–water partition coefficient (Wildman–Crippen LogP) is 8.70. The third kappa shape index (κ3) is 5.95. The maximum absolute atomic E-state index is 5.06. The summed E-state index contributed by atoms with van der Waals surface area (Å²) in [6, 6.07) is 58.1. The van der Waals surface area contributed by atoms with Gasteiger partial charge in [0.15, 0.2) is 11.7 Å². The van der Waals surface area contributed by atoms with Crippen molar-refractivity contribution >= 4 is 34.7 Å². The molecule has 2 aliphatic heterocycles. The molecule has 0 aromatic heterocycles. The van der Waals surface area contributed by atoms with Gasteiger partial charge >= 0.3 is 0 Å². The van der Waals surface area contributed by atoms with Crippen LogP contribution in [0.3, 0.4) is 0 Å². The zero-order valence-electron chi connectivity index (χ0n) is 26.3. The Morgan fingerprint density at radius 2 is 0.625 bits per heavy atom. The first-order chi connectivity index (χ1) is 23.8. The Hall–Kier alpha value is -6.40. The molecule has 0 N–H and O–H groups in total. The van der Waals surface area contributed by atoms with Crippen molar-refractivity contribution < 1.29 is 0 Å². The number of nitrogens with zero attached hydrogens (tertiary/aromatic N) is 6. The first-order valence-electron chi connectivity index (χ1n) is 16.0. The largest absolute Gasteiger partial charge is 0.306 e. The highest BCUT2D eigenvalue weighted by Crippen LogP contribution is 2.26. The SMILES string of the molecule is c1ccc(C2=NC(c3ccc(-c4ccc(C5=NCN(c6ccccc6)C(c6ccccc6)=N5)cc4)cc3)=NCN2c2ccccc2)cc1. The van der Waals surface area contributed by atoms with Crippen LogP contribution in [0.4, 0.5) is 11.4 Å². The van der Waals surface area contributed by atoms with E-state index in [1.54, 1.807) is 0 Å². The number of rotatable bonds is 7. The zero-order chi connectivity index (χ0) is 32.1. The van der Waals surface area contributed by atoms with Crippen molar-refractivity contribution in [1.29, 1.82) is 0 Å². The Balaban J connectivity index is 1.04. The smallest absolute Gasteiger partial charge is 0.158 e. The van der Waals surface area contributed by atoms with Crippen LogP contribution in [-0.2, 0) is 0 Å². The van der Waals surface area contributed by atoms with Crippen LogP contribution in [0.25, 0.3) is 11.1 Å². The number of hydrogen-bond acceptors (Lipinski definition) is 6. The molecular formula is C42H32N6. The van der Waals surface area contributed by atoms with Gasteiger partial charge in [-0.15, -0.1) is 0 Å². The highest BCUT2D eigenvalue weighted by molar-refractivity contribution is 6.20. The summed E-state index contributed by atoms with van der Waals surface area (Å²) < 4.78 is 0. The van der Waals surface area contributed by atoms with Crippen LogP contribution in [0.2, 0.25) is 0 Å². The van der Waals surface area contributed by atoms with E-state index in [1.807, 2.05) is 72.8 Å². The minimum atomic E-state index is 0.498. The highest BCUT2D eigenvalue weighted by Gasteiger charge is 2.22. The fourth-order valence-corrected chi connectivity index (χ4v) is 5.98. The van der Waals surface area contributed by atoms with Gasteiger partial charge in [-0.2, -0.15) is 0 Å². The third-order valence-electron chi connectivity index (χ3n) is 8.48. The van der Waals surface area contributed by atoms with Crippen LogP contribution >= 0.6 is 0 Å². The lowest BCUT2D eigenvalue weighted by molar-refractivity contribution is 0.985. The van der Waals surface area contributed by atoms with Crippen molar-refractivity contribution in [3.8, 4) is 11.1 Å². The molecule has 6 heteroatoms. The van der Waals surface area contributed by atoms with E-state index in [2.05, 4.69) is 107 Å². The summed E-state index contributed by atoms with van der Waals surface area (Å²) >= 11 is 0. The normalized spacial score (nSPS) is 14.5. The van der Waals surface area contributed by atoms with Gasteiger partial charge in [0, 0.05) is 33.6 Å². The van der Waals surface area contributed by atoms with Gasteiger partial charge in [0.1, 0.15) is 25.0 Å². The number of benzene rings is 6. The van der Waals surface area contributed by atoms with E-state index >= 15 is 0 Å². The van der Waals surface area contributed by atoms with Gasteiger partial charge in [0.05, 0.1) is 0 Å².